The highest BCUT2D eigenvalue weighted by Gasteiger charge is 2.26. The molecule has 5 heteroatoms. The van der Waals surface area contributed by atoms with Crippen LogP contribution in [0.1, 0.15) is 24.8 Å². The van der Waals surface area contributed by atoms with Crippen LogP contribution in [0.5, 0.6) is 0 Å². The van der Waals surface area contributed by atoms with Crippen molar-refractivity contribution in [2.24, 2.45) is 0 Å². The Bertz CT molecular complexity index is 336. The predicted octanol–water partition coefficient (Wildman–Crippen LogP) is 2.98. The van der Waals surface area contributed by atoms with Gasteiger partial charge < -0.3 is 5.11 Å². The number of carboxylic acid groups (broad SMARTS) is 1. The van der Waals surface area contributed by atoms with Gasteiger partial charge in [-0.25, -0.2) is 0 Å². The molecule has 15 heavy (non-hydrogen) atoms. The summed E-state index contributed by atoms with van der Waals surface area (Å²) in [4.78, 5) is 14.0. The fourth-order valence-electron chi connectivity index (χ4n) is 1.52. The van der Waals surface area contributed by atoms with Crippen LogP contribution in [0.3, 0.4) is 0 Å². The average Bonchev–Trinajstić information content (AvgIpc) is 2.59. The molecule has 0 saturated heterocycles. The van der Waals surface area contributed by atoms with E-state index in [1.807, 2.05) is 30.9 Å². The van der Waals surface area contributed by atoms with Gasteiger partial charge in [-0.15, -0.1) is 11.3 Å². The Hall–Kier alpha value is -0.390. The molecule has 1 atom stereocenters. The van der Waals surface area contributed by atoms with Crippen LogP contribution in [0.2, 0.25) is 0 Å². The quantitative estimate of drug-likeness (QED) is 0.907. The Labute approximate surface area is 102 Å². The molecule has 0 saturated carbocycles. The van der Waals surface area contributed by atoms with E-state index < -0.39 is 12.0 Å². The van der Waals surface area contributed by atoms with Crippen molar-refractivity contribution in [3.05, 3.63) is 20.8 Å². The lowest BCUT2D eigenvalue weighted by molar-refractivity contribution is -0.143. The van der Waals surface area contributed by atoms with Crippen LogP contribution in [-0.4, -0.2) is 29.1 Å². The Morgan fingerprint density at radius 1 is 1.53 bits per heavy atom. The second-order valence-corrected chi connectivity index (χ2v) is 5.60. The molecule has 84 valence electrons. The highest BCUT2D eigenvalue weighted by Crippen LogP contribution is 2.30. The van der Waals surface area contributed by atoms with Crippen molar-refractivity contribution in [3.63, 3.8) is 0 Å². The molecule has 1 aromatic heterocycles. The smallest absolute Gasteiger partial charge is 0.326 e. The van der Waals surface area contributed by atoms with Gasteiger partial charge in [0.1, 0.15) is 6.04 Å². The van der Waals surface area contributed by atoms with E-state index in [-0.39, 0.29) is 0 Å². The van der Waals surface area contributed by atoms with Crippen LogP contribution in [0, 0.1) is 0 Å². The van der Waals surface area contributed by atoms with Crippen LogP contribution in [0.25, 0.3) is 0 Å². The van der Waals surface area contributed by atoms with Crippen LogP contribution in [0.15, 0.2) is 15.9 Å². The lowest BCUT2D eigenvalue weighted by atomic mass is 10.2. The second kappa shape index (κ2) is 5.63. The molecule has 0 fully saturated rings. The van der Waals surface area contributed by atoms with Gasteiger partial charge in [-0.1, -0.05) is 13.8 Å². The second-order valence-electron chi connectivity index (χ2n) is 3.10. The predicted molar refractivity (Wildman–Crippen MR) is 65.3 cm³/mol. The maximum atomic E-state index is 11.2. The molecule has 1 rings (SSSR count). The van der Waals surface area contributed by atoms with Crippen molar-refractivity contribution in [3.8, 4) is 0 Å². The summed E-state index contributed by atoms with van der Waals surface area (Å²) in [5.74, 6) is -0.784. The van der Waals surface area contributed by atoms with Crippen molar-refractivity contribution in [2.45, 2.75) is 19.9 Å². The summed E-state index contributed by atoms with van der Waals surface area (Å²) >= 11 is 4.83. The van der Waals surface area contributed by atoms with E-state index in [9.17, 15) is 9.90 Å². The minimum atomic E-state index is -0.784. The molecular weight excluding hydrogens is 278 g/mol. The molecule has 0 bridgehead atoms. The van der Waals surface area contributed by atoms with E-state index in [1.54, 1.807) is 0 Å². The normalized spacial score (nSPS) is 13.1. The van der Waals surface area contributed by atoms with Gasteiger partial charge in [0.25, 0.3) is 0 Å². The van der Waals surface area contributed by atoms with E-state index in [1.165, 1.54) is 11.3 Å². The monoisotopic (exact) mass is 291 g/mol. The van der Waals surface area contributed by atoms with Gasteiger partial charge in [-0.05, 0) is 41.2 Å². The van der Waals surface area contributed by atoms with Crippen LogP contribution in [0.4, 0.5) is 0 Å². The van der Waals surface area contributed by atoms with Crippen molar-refractivity contribution >= 4 is 33.2 Å². The number of halogens is 1. The molecule has 1 aromatic rings. The highest BCUT2D eigenvalue weighted by molar-refractivity contribution is 9.11. The van der Waals surface area contributed by atoms with Gasteiger partial charge >= 0.3 is 5.97 Å². The number of hydrogen-bond donors (Lipinski definition) is 1. The molecule has 0 aliphatic heterocycles. The number of aliphatic carboxylic acids is 1. The highest BCUT2D eigenvalue weighted by atomic mass is 79.9. The summed E-state index contributed by atoms with van der Waals surface area (Å²) in [7, 11) is 0. The third-order valence-electron chi connectivity index (χ3n) is 2.27. The van der Waals surface area contributed by atoms with Gasteiger partial charge in [0.2, 0.25) is 0 Å². The summed E-state index contributed by atoms with van der Waals surface area (Å²) in [5, 5.41) is 9.22. The van der Waals surface area contributed by atoms with E-state index in [0.717, 1.165) is 21.8 Å². The largest absolute Gasteiger partial charge is 0.480 e. The van der Waals surface area contributed by atoms with E-state index in [4.69, 9.17) is 0 Å². The van der Waals surface area contributed by atoms with Crippen LogP contribution >= 0.6 is 27.3 Å². The number of likely N-dealkylation sites (N-methyl/N-ethyl adjacent to an activating group) is 1. The molecule has 1 N–H and O–H groups in total. The van der Waals surface area contributed by atoms with E-state index in [2.05, 4.69) is 15.9 Å². The molecule has 0 aromatic carbocycles. The fraction of sp³-hybridized carbons (Fsp3) is 0.500. The van der Waals surface area contributed by atoms with Crippen molar-refractivity contribution < 1.29 is 9.90 Å². The topological polar surface area (TPSA) is 40.5 Å². The van der Waals surface area contributed by atoms with E-state index >= 15 is 0 Å². The number of nitrogens with zero attached hydrogens (tertiary/aromatic N) is 1. The third-order valence-corrected chi connectivity index (χ3v) is 3.95. The standard InChI is InChI=1S/C10H14BrNO2S/c1-3-12(4-2)9(10(13)14)7-5-6-8(11)15-7/h5-6,9H,3-4H2,1-2H3,(H,13,14). The molecule has 0 radical (unpaired) electrons. The summed E-state index contributed by atoms with van der Waals surface area (Å²) in [6.07, 6.45) is 0. The van der Waals surface area contributed by atoms with Gasteiger partial charge in [-0.3, -0.25) is 9.69 Å². The maximum Gasteiger partial charge on any atom is 0.326 e. The number of carbonyl (C=O) groups is 1. The Morgan fingerprint density at radius 3 is 2.47 bits per heavy atom. The van der Waals surface area contributed by atoms with Gasteiger partial charge in [0, 0.05) is 4.88 Å². The molecule has 0 aliphatic rings. The SMILES string of the molecule is CCN(CC)C(C(=O)O)c1ccc(Br)s1. The van der Waals surface area contributed by atoms with Crippen molar-refractivity contribution in [1.82, 2.24) is 4.90 Å². The number of rotatable bonds is 5. The Kier molecular flexibility index (Phi) is 4.76. The van der Waals surface area contributed by atoms with E-state index in [0.29, 0.717) is 0 Å². The maximum absolute atomic E-state index is 11.2. The van der Waals surface area contributed by atoms with Crippen LogP contribution in [-0.2, 0) is 4.79 Å². The molecular formula is C10H14BrNO2S. The van der Waals surface area contributed by atoms with Gasteiger partial charge in [0.05, 0.1) is 3.79 Å². The molecule has 0 amide bonds. The zero-order valence-electron chi connectivity index (χ0n) is 8.74. The molecule has 3 nitrogen and oxygen atoms in total. The van der Waals surface area contributed by atoms with Crippen molar-refractivity contribution in [1.29, 1.82) is 0 Å². The molecule has 1 unspecified atom stereocenters. The summed E-state index contributed by atoms with van der Waals surface area (Å²) in [6, 6.07) is 3.24. The lowest BCUT2D eigenvalue weighted by Gasteiger charge is -2.25. The summed E-state index contributed by atoms with van der Waals surface area (Å²) in [5.41, 5.74) is 0. The minimum absolute atomic E-state index is 0.517. The molecule has 0 spiro atoms. The first-order valence-corrected chi connectivity index (χ1v) is 6.43. The Morgan fingerprint density at radius 2 is 2.13 bits per heavy atom. The number of hydrogen-bond acceptors (Lipinski definition) is 3. The minimum Gasteiger partial charge on any atom is -0.480 e. The van der Waals surface area contributed by atoms with Crippen molar-refractivity contribution in [2.75, 3.05) is 13.1 Å². The average molecular weight is 292 g/mol. The fourth-order valence-corrected chi connectivity index (χ4v) is 3.07. The first-order valence-electron chi connectivity index (χ1n) is 4.82. The zero-order chi connectivity index (χ0) is 11.4. The first-order chi connectivity index (χ1) is 7.10. The number of carboxylic acids is 1. The summed E-state index contributed by atoms with van der Waals surface area (Å²) < 4.78 is 0.968. The Balaban J connectivity index is 2.97. The lowest BCUT2D eigenvalue weighted by Crippen LogP contribution is -2.33. The number of thiophene rings is 1. The molecule has 1 heterocycles. The summed E-state index contributed by atoms with van der Waals surface area (Å²) in [6.45, 7) is 5.43. The van der Waals surface area contributed by atoms with Gasteiger partial charge in [0.15, 0.2) is 0 Å². The first kappa shape index (κ1) is 12.7. The van der Waals surface area contributed by atoms with Crippen LogP contribution < -0.4 is 0 Å². The molecule has 0 aliphatic carbocycles. The van der Waals surface area contributed by atoms with Gasteiger partial charge in [-0.2, -0.15) is 0 Å². The third kappa shape index (κ3) is 3.03. The zero-order valence-corrected chi connectivity index (χ0v) is 11.1.